The molecule has 6 N–H and O–H groups in total. The van der Waals surface area contributed by atoms with Crippen LogP contribution in [0.2, 0.25) is 0 Å². The third-order valence-electron chi connectivity index (χ3n) is 5.22. The van der Waals surface area contributed by atoms with Crippen LogP contribution in [0.1, 0.15) is 17.5 Å². The highest BCUT2D eigenvalue weighted by Gasteiger charge is 2.25. The Morgan fingerprint density at radius 2 is 1.43 bits per heavy atom. The second-order valence-electron chi connectivity index (χ2n) is 8.00. The Morgan fingerprint density at radius 1 is 0.857 bits per heavy atom. The molecule has 3 atom stereocenters. The summed E-state index contributed by atoms with van der Waals surface area (Å²) in [6, 6.07) is 15.6. The topological polar surface area (TPSA) is 151 Å². The van der Waals surface area contributed by atoms with E-state index in [4.69, 9.17) is 5.73 Å². The van der Waals surface area contributed by atoms with Crippen molar-refractivity contribution >= 4 is 35.5 Å². The van der Waals surface area contributed by atoms with Crippen LogP contribution < -0.4 is 21.7 Å². The Balaban J connectivity index is 2.00. The van der Waals surface area contributed by atoms with E-state index < -0.39 is 48.4 Å². The number of rotatable bonds is 14. The fraction of sp³-hybridized carbons (Fsp3) is 0.360. The van der Waals surface area contributed by atoms with Gasteiger partial charge in [0.2, 0.25) is 17.7 Å². The molecule has 35 heavy (non-hydrogen) atoms. The van der Waals surface area contributed by atoms with Crippen molar-refractivity contribution in [1.82, 2.24) is 16.0 Å². The lowest BCUT2D eigenvalue weighted by molar-refractivity contribution is -0.141. The van der Waals surface area contributed by atoms with Gasteiger partial charge in [-0.1, -0.05) is 60.7 Å². The van der Waals surface area contributed by atoms with E-state index in [0.29, 0.717) is 12.2 Å². The summed E-state index contributed by atoms with van der Waals surface area (Å²) in [5.41, 5.74) is 7.78. The van der Waals surface area contributed by atoms with Crippen molar-refractivity contribution in [1.29, 1.82) is 0 Å². The zero-order valence-corrected chi connectivity index (χ0v) is 20.4. The molecule has 0 saturated heterocycles. The van der Waals surface area contributed by atoms with Crippen molar-refractivity contribution in [3.63, 3.8) is 0 Å². The number of nitrogens with one attached hydrogen (secondary N) is 3. The van der Waals surface area contributed by atoms with Gasteiger partial charge in [0.05, 0.1) is 12.6 Å². The molecule has 188 valence electrons. The number of aliphatic carboxylic acids is 1. The summed E-state index contributed by atoms with van der Waals surface area (Å²) in [6.45, 7) is -0.418. The predicted octanol–water partition coefficient (Wildman–Crippen LogP) is 0.723. The molecule has 0 fully saturated rings. The first kappa shape index (κ1) is 27.9. The van der Waals surface area contributed by atoms with Gasteiger partial charge in [0, 0.05) is 6.42 Å². The molecule has 10 heteroatoms. The monoisotopic (exact) mass is 500 g/mol. The van der Waals surface area contributed by atoms with Gasteiger partial charge in [0.15, 0.2) is 0 Å². The van der Waals surface area contributed by atoms with Crippen LogP contribution >= 0.6 is 11.8 Å². The maximum Gasteiger partial charge on any atom is 0.326 e. The molecule has 2 aromatic carbocycles. The first-order chi connectivity index (χ1) is 16.8. The van der Waals surface area contributed by atoms with Crippen molar-refractivity contribution < 1.29 is 24.3 Å². The Bertz CT molecular complexity index is 974. The van der Waals surface area contributed by atoms with E-state index in [0.717, 1.165) is 11.1 Å². The summed E-state index contributed by atoms with van der Waals surface area (Å²) in [6.07, 6.45) is 2.61. The van der Waals surface area contributed by atoms with E-state index in [1.165, 1.54) is 11.8 Å². The highest BCUT2D eigenvalue weighted by atomic mass is 32.2. The minimum atomic E-state index is -1.14. The van der Waals surface area contributed by atoms with Crippen LogP contribution in [0.4, 0.5) is 0 Å². The Morgan fingerprint density at radius 3 is 1.97 bits per heavy atom. The zero-order chi connectivity index (χ0) is 25.6. The van der Waals surface area contributed by atoms with Gasteiger partial charge in [0.1, 0.15) is 12.1 Å². The summed E-state index contributed by atoms with van der Waals surface area (Å²) < 4.78 is 0. The molecule has 2 rings (SSSR count). The average Bonchev–Trinajstić information content (AvgIpc) is 2.85. The minimum absolute atomic E-state index is 0.198. The molecule has 3 unspecified atom stereocenters. The van der Waals surface area contributed by atoms with Crippen LogP contribution in [-0.4, -0.2) is 65.5 Å². The van der Waals surface area contributed by atoms with Gasteiger partial charge in [-0.3, -0.25) is 14.4 Å². The van der Waals surface area contributed by atoms with E-state index >= 15 is 0 Å². The molecule has 9 nitrogen and oxygen atoms in total. The van der Waals surface area contributed by atoms with Crippen LogP contribution in [0.25, 0.3) is 0 Å². The number of hydrogen-bond acceptors (Lipinski definition) is 6. The van der Waals surface area contributed by atoms with Crippen LogP contribution in [0.15, 0.2) is 60.7 Å². The molecule has 3 amide bonds. The number of carboxylic acids is 1. The Kier molecular flexibility index (Phi) is 11.8. The number of hydrogen-bond donors (Lipinski definition) is 5. The third kappa shape index (κ3) is 10.2. The maximum absolute atomic E-state index is 12.9. The smallest absolute Gasteiger partial charge is 0.326 e. The predicted molar refractivity (Wildman–Crippen MR) is 136 cm³/mol. The van der Waals surface area contributed by atoms with E-state index in [9.17, 15) is 24.3 Å². The van der Waals surface area contributed by atoms with Gasteiger partial charge >= 0.3 is 5.97 Å². The molecule has 0 aliphatic carbocycles. The largest absolute Gasteiger partial charge is 0.480 e. The fourth-order valence-electron chi connectivity index (χ4n) is 3.33. The van der Waals surface area contributed by atoms with Crippen LogP contribution in [0.3, 0.4) is 0 Å². The summed E-state index contributed by atoms with van der Waals surface area (Å²) in [4.78, 5) is 49.2. The quantitative estimate of drug-likeness (QED) is 0.256. The maximum atomic E-state index is 12.9. The first-order valence-electron chi connectivity index (χ1n) is 11.2. The van der Waals surface area contributed by atoms with Gasteiger partial charge < -0.3 is 26.8 Å². The van der Waals surface area contributed by atoms with Crippen molar-refractivity contribution in [3.05, 3.63) is 71.8 Å². The third-order valence-corrected chi connectivity index (χ3v) is 5.86. The number of carboxylic acid groups (broad SMARTS) is 1. The number of carbonyl (C=O) groups is 4. The molecule has 0 heterocycles. The minimum Gasteiger partial charge on any atom is -0.480 e. The molecule has 0 radical (unpaired) electrons. The van der Waals surface area contributed by atoms with Crippen molar-refractivity contribution in [3.8, 4) is 0 Å². The van der Waals surface area contributed by atoms with Gasteiger partial charge in [-0.05, 0) is 36.0 Å². The molecule has 2 aromatic rings. The number of thioether (sulfide) groups is 1. The van der Waals surface area contributed by atoms with Crippen LogP contribution in [0, 0.1) is 0 Å². The molecule has 0 aromatic heterocycles. The summed E-state index contributed by atoms with van der Waals surface area (Å²) in [5.74, 6) is -2.26. The zero-order valence-electron chi connectivity index (χ0n) is 19.6. The fourth-order valence-corrected chi connectivity index (χ4v) is 3.80. The van der Waals surface area contributed by atoms with Gasteiger partial charge in [-0.15, -0.1) is 0 Å². The molecule has 0 aliphatic heterocycles. The average molecular weight is 501 g/mol. The van der Waals surface area contributed by atoms with Crippen molar-refractivity contribution in [2.75, 3.05) is 18.6 Å². The second kappa shape index (κ2) is 14.8. The van der Waals surface area contributed by atoms with Gasteiger partial charge in [0.25, 0.3) is 0 Å². The van der Waals surface area contributed by atoms with Crippen molar-refractivity contribution in [2.45, 2.75) is 37.4 Å². The summed E-state index contributed by atoms with van der Waals surface area (Å²) in [5, 5.41) is 16.9. The van der Waals surface area contributed by atoms with Crippen LogP contribution in [-0.2, 0) is 32.0 Å². The molecule has 0 bridgehead atoms. The van der Waals surface area contributed by atoms with E-state index in [-0.39, 0.29) is 12.8 Å². The molecular weight excluding hydrogens is 468 g/mol. The lowest BCUT2D eigenvalue weighted by Crippen LogP contribution is -2.54. The lowest BCUT2D eigenvalue weighted by atomic mass is 10.0. The molecule has 0 saturated carbocycles. The van der Waals surface area contributed by atoms with E-state index in [1.807, 2.05) is 66.9 Å². The van der Waals surface area contributed by atoms with Gasteiger partial charge in [-0.2, -0.15) is 11.8 Å². The summed E-state index contributed by atoms with van der Waals surface area (Å²) >= 11 is 1.47. The first-order valence-corrected chi connectivity index (χ1v) is 12.6. The standard InChI is InChI=1S/C25H32N4O5S/c1-35-13-12-20(25(33)34)28-22(30)16-27-24(32)21(15-18-10-6-3-7-11-18)29-23(31)19(26)14-17-8-4-2-5-9-17/h2-11,19-21H,12-16,26H2,1H3,(H,27,32)(H,28,30)(H,29,31)(H,33,34). The highest BCUT2D eigenvalue weighted by Crippen LogP contribution is 2.06. The number of amides is 3. The van der Waals surface area contributed by atoms with Crippen LogP contribution in [0.5, 0.6) is 0 Å². The van der Waals surface area contributed by atoms with E-state index in [1.54, 1.807) is 0 Å². The number of benzene rings is 2. The number of carbonyl (C=O) groups excluding carboxylic acids is 3. The van der Waals surface area contributed by atoms with Gasteiger partial charge in [-0.25, -0.2) is 4.79 Å². The lowest BCUT2D eigenvalue weighted by Gasteiger charge is -2.21. The molecule has 0 spiro atoms. The molecule has 0 aliphatic rings. The SMILES string of the molecule is CSCCC(NC(=O)CNC(=O)C(Cc1ccccc1)NC(=O)C(N)Cc1ccccc1)C(=O)O. The molecular formula is C25H32N4O5S. The van der Waals surface area contributed by atoms with Crippen molar-refractivity contribution in [2.24, 2.45) is 5.73 Å². The highest BCUT2D eigenvalue weighted by molar-refractivity contribution is 7.98. The normalized spacial score (nSPS) is 13.2. The van der Waals surface area contributed by atoms with E-state index in [2.05, 4.69) is 16.0 Å². The Hall–Kier alpha value is -3.37. The number of nitrogens with two attached hydrogens (primary N) is 1. The Labute approximate surface area is 209 Å². The summed E-state index contributed by atoms with van der Waals surface area (Å²) in [7, 11) is 0. The second-order valence-corrected chi connectivity index (χ2v) is 8.99.